The minimum absolute atomic E-state index is 0.294. The number of halogens is 4. The SMILES string of the molecule is O=S(=O)(C1=NNC(C(F)(F)F)C1)c1ccc(F)cc1. The van der Waals surface area contributed by atoms with E-state index in [4.69, 9.17) is 0 Å². The molecule has 19 heavy (non-hydrogen) atoms. The second kappa shape index (κ2) is 4.48. The molecule has 0 saturated carbocycles. The standard InChI is InChI=1S/C10H8F4N2O2S/c11-6-1-3-7(4-2-6)19(17,18)9-5-8(15-16-9)10(12,13)14/h1-4,8,15H,5H2. The summed E-state index contributed by atoms with van der Waals surface area (Å²) in [4.78, 5) is -0.294. The van der Waals surface area contributed by atoms with E-state index in [1.165, 1.54) is 0 Å². The summed E-state index contributed by atoms with van der Waals surface area (Å²) in [5.41, 5.74) is 1.74. The van der Waals surface area contributed by atoms with E-state index in [1.807, 2.05) is 0 Å². The van der Waals surface area contributed by atoms with Gasteiger partial charge in [0.1, 0.15) is 11.9 Å². The summed E-state index contributed by atoms with van der Waals surface area (Å²) in [5, 5.41) is 2.61. The molecule has 0 radical (unpaired) electrons. The third-order valence-corrected chi connectivity index (χ3v) is 4.32. The number of nitrogens with one attached hydrogen (secondary N) is 1. The molecule has 1 atom stereocenters. The Kier molecular flexibility index (Phi) is 3.25. The molecule has 1 heterocycles. The van der Waals surface area contributed by atoms with Crippen LogP contribution in [0.5, 0.6) is 0 Å². The molecule has 1 aromatic rings. The third kappa shape index (κ3) is 2.70. The van der Waals surface area contributed by atoms with Gasteiger partial charge in [-0.1, -0.05) is 0 Å². The lowest BCUT2D eigenvalue weighted by molar-refractivity contribution is -0.151. The molecule has 2 rings (SSSR count). The lowest BCUT2D eigenvalue weighted by Crippen LogP contribution is -2.36. The summed E-state index contributed by atoms with van der Waals surface area (Å²) < 4.78 is 73.8. The van der Waals surface area contributed by atoms with Crippen LogP contribution in [0.25, 0.3) is 0 Å². The minimum atomic E-state index is -4.58. The van der Waals surface area contributed by atoms with Crippen LogP contribution < -0.4 is 5.43 Å². The van der Waals surface area contributed by atoms with Crippen LogP contribution >= 0.6 is 0 Å². The van der Waals surface area contributed by atoms with Crippen molar-refractivity contribution in [1.29, 1.82) is 0 Å². The van der Waals surface area contributed by atoms with Gasteiger partial charge >= 0.3 is 6.18 Å². The van der Waals surface area contributed by atoms with Gasteiger partial charge in [0, 0.05) is 6.42 Å². The van der Waals surface area contributed by atoms with Crippen molar-refractivity contribution in [2.45, 2.75) is 23.5 Å². The van der Waals surface area contributed by atoms with E-state index >= 15 is 0 Å². The topological polar surface area (TPSA) is 58.5 Å². The van der Waals surface area contributed by atoms with Gasteiger partial charge in [0.05, 0.1) is 4.90 Å². The second-order valence-corrected chi connectivity index (χ2v) is 5.84. The van der Waals surface area contributed by atoms with Crippen molar-refractivity contribution in [3.63, 3.8) is 0 Å². The van der Waals surface area contributed by atoms with E-state index in [2.05, 4.69) is 5.10 Å². The van der Waals surface area contributed by atoms with Crippen LogP contribution in [0, 0.1) is 5.82 Å². The van der Waals surface area contributed by atoms with Crippen LogP contribution in [0.1, 0.15) is 6.42 Å². The number of nitrogens with zero attached hydrogens (tertiary/aromatic N) is 1. The van der Waals surface area contributed by atoms with Gasteiger partial charge in [-0.3, -0.25) is 5.43 Å². The summed E-state index contributed by atoms with van der Waals surface area (Å²) in [6.45, 7) is 0. The van der Waals surface area contributed by atoms with Crippen molar-refractivity contribution in [1.82, 2.24) is 5.43 Å². The minimum Gasteiger partial charge on any atom is -0.296 e. The molecule has 0 amide bonds. The molecule has 104 valence electrons. The van der Waals surface area contributed by atoms with E-state index < -0.39 is 39.3 Å². The Morgan fingerprint density at radius 1 is 1.21 bits per heavy atom. The van der Waals surface area contributed by atoms with Crippen molar-refractivity contribution in [3.8, 4) is 0 Å². The van der Waals surface area contributed by atoms with Gasteiger partial charge < -0.3 is 0 Å². The molecule has 1 aromatic carbocycles. The zero-order valence-corrected chi connectivity index (χ0v) is 10.1. The Balaban J connectivity index is 2.26. The molecule has 0 fully saturated rings. The third-order valence-electron chi connectivity index (χ3n) is 2.55. The highest BCUT2D eigenvalue weighted by Crippen LogP contribution is 2.28. The summed E-state index contributed by atoms with van der Waals surface area (Å²) in [6.07, 6.45) is -5.35. The van der Waals surface area contributed by atoms with Crippen LogP contribution in [0.4, 0.5) is 17.6 Å². The molecule has 1 aliphatic heterocycles. The van der Waals surface area contributed by atoms with Crippen molar-refractivity contribution < 1.29 is 26.0 Å². The maximum atomic E-state index is 12.7. The monoisotopic (exact) mass is 296 g/mol. The highest BCUT2D eigenvalue weighted by molar-refractivity contribution is 8.06. The molecular weight excluding hydrogens is 288 g/mol. The Morgan fingerprint density at radius 3 is 2.26 bits per heavy atom. The van der Waals surface area contributed by atoms with Gasteiger partial charge in [0.15, 0.2) is 5.04 Å². The Morgan fingerprint density at radius 2 is 1.79 bits per heavy atom. The Bertz CT molecular complexity index is 607. The van der Waals surface area contributed by atoms with E-state index in [9.17, 15) is 26.0 Å². The largest absolute Gasteiger partial charge is 0.410 e. The normalized spacial score (nSPS) is 20.0. The number of hydrogen-bond donors (Lipinski definition) is 1. The Labute approximate surface area is 106 Å². The van der Waals surface area contributed by atoms with Gasteiger partial charge in [-0.15, -0.1) is 0 Å². The van der Waals surface area contributed by atoms with Gasteiger partial charge in [-0.2, -0.15) is 18.3 Å². The molecule has 0 saturated heterocycles. The van der Waals surface area contributed by atoms with Crippen LogP contribution in [-0.2, 0) is 9.84 Å². The molecule has 0 aliphatic carbocycles. The van der Waals surface area contributed by atoms with Crippen LogP contribution in [0.15, 0.2) is 34.3 Å². The number of rotatable bonds is 1. The quantitative estimate of drug-likeness (QED) is 0.635. The van der Waals surface area contributed by atoms with Crippen molar-refractivity contribution in [2.75, 3.05) is 0 Å². The van der Waals surface area contributed by atoms with Gasteiger partial charge in [0.25, 0.3) is 0 Å². The fraction of sp³-hybridized carbons (Fsp3) is 0.300. The van der Waals surface area contributed by atoms with Crippen molar-refractivity contribution in [3.05, 3.63) is 30.1 Å². The summed E-state index contributed by atoms with van der Waals surface area (Å²) in [5.74, 6) is -0.640. The summed E-state index contributed by atoms with van der Waals surface area (Å²) >= 11 is 0. The molecular formula is C10H8F4N2O2S. The van der Waals surface area contributed by atoms with E-state index in [0.717, 1.165) is 24.3 Å². The van der Waals surface area contributed by atoms with Crippen molar-refractivity contribution >= 4 is 14.9 Å². The van der Waals surface area contributed by atoms with E-state index in [-0.39, 0.29) is 4.90 Å². The van der Waals surface area contributed by atoms with E-state index in [1.54, 1.807) is 5.43 Å². The smallest absolute Gasteiger partial charge is 0.296 e. The number of sulfone groups is 1. The highest BCUT2D eigenvalue weighted by Gasteiger charge is 2.45. The molecule has 1 N–H and O–H groups in total. The molecule has 0 bridgehead atoms. The number of benzene rings is 1. The van der Waals surface area contributed by atoms with E-state index in [0.29, 0.717) is 0 Å². The summed E-state index contributed by atoms with van der Waals surface area (Å²) in [7, 11) is -4.13. The van der Waals surface area contributed by atoms with Crippen LogP contribution in [-0.4, -0.2) is 25.7 Å². The Hall–Kier alpha value is -1.64. The average Bonchev–Trinajstić information content (AvgIpc) is 2.79. The molecule has 1 unspecified atom stereocenters. The van der Waals surface area contributed by atoms with Crippen molar-refractivity contribution in [2.24, 2.45) is 5.10 Å². The number of alkyl halides is 3. The fourth-order valence-corrected chi connectivity index (χ4v) is 2.85. The molecule has 0 spiro atoms. The predicted molar refractivity (Wildman–Crippen MR) is 58.6 cm³/mol. The number of hydrogen-bond acceptors (Lipinski definition) is 4. The molecule has 4 nitrogen and oxygen atoms in total. The molecule has 0 aromatic heterocycles. The first kappa shape index (κ1) is 13.8. The lowest BCUT2D eigenvalue weighted by Gasteiger charge is -2.13. The first-order chi connectivity index (χ1) is 8.71. The van der Waals surface area contributed by atoms with Crippen LogP contribution in [0.3, 0.4) is 0 Å². The maximum Gasteiger partial charge on any atom is 0.410 e. The summed E-state index contributed by atoms with van der Waals surface area (Å²) in [6, 6.07) is 1.77. The number of hydrazone groups is 1. The fourth-order valence-electron chi connectivity index (χ4n) is 1.52. The highest BCUT2D eigenvalue weighted by atomic mass is 32.2. The van der Waals surface area contributed by atoms with Gasteiger partial charge in [-0.25, -0.2) is 12.8 Å². The second-order valence-electron chi connectivity index (χ2n) is 3.89. The van der Waals surface area contributed by atoms with Crippen LogP contribution in [0.2, 0.25) is 0 Å². The maximum absolute atomic E-state index is 12.7. The zero-order chi connectivity index (χ0) is 14.3. The lowest BCUT2D eigenvalue weighted by atomic mass is 10.2. The molecule has 1 aliphatic rings. The van der Waals surface area contributed by atoms with Gasteiger partial charge in [-0.05, 0) is 24.3 Å². The van der Waals surface area contributed by atoms with Gasteiger partial charge in [0.2, 0.25) is 9.84 Å². The zero-order valence-electron chi connectivity index (χ0n) is 9.28. The first-order valence-corrected chi connectivity index (χ1v) is 6.59. The first-order valence-electron chi connectivity index (χ1n) is 5.11. The predicted octanol–water partition coefficient (Wildman–Crippen LogP) is 1.84. The average molecular weight is 296 g/mol. The molecule has 9 heteroatoms.